The fraction of sp³-hybridized carbons (Fsp3) is 0.286. The van der Waals surface area contributed by atoms with Gasteiger partial charge < -0.3 is 5.11 Å². The average molecular weight is 381 g/mol. The van der Waals surface area contributed by atoms with Gasteiger partial charge in [-0.1, -0.05) is 29.8 Å². The normalized spacial score (nSPS) is 21.2. The smallest absolute Gasteiger partial charge is 0.288 e. The molecule has 4 nitrogen and oxygen atoms in total. The molecule has 1 aliphatic heterocycles. The number of benzene rings is 1. The number of thiophene rings is 1. The lowest BCUT2D eigenvalue weighted by Crippen LogP contribution is -2.51. The van der Waals surface area contributed by atoms with Gasteiger partial charge in [0.25, 0.3) is 18.8 Å². The van der Waals surface area contributed by atoms with Crippen molar-refractivity contribution in [2.75, 3.05) is 0 Å². The van der Waals surface area contributed by atoms with Crippen molar-refractivity contribution in [2.45, 2.75) is 25.0 Å². The van der Waals surface area contributed by atoms with Crippen molar-refractivity contribution in [3.63, 3.8) is 0 Å². The first kappa shape index (κ1) is 17.1. The van der Waals surface area contributed by atoms with Crippen LogP contribution in [0.4, 0.5) is 17.6 Å². The molecule has 1 aromatic carbocycles. The maximum atomic E-state index is 13.2. The standard InChI is InChI=1S/C14H9ClF4N2O2S/c15-9-6-3-1-2-4-8(6)24-10(9)12(22)21-14(23,13(18)19)5-7(20-21)11(16)17/h1-4,11,13,23H,5H2/t14-/m0/s1. The van der Waals surface area contributed by atoms with E-state index in [1.54, 1.807) is 24.3 Å². The first-order valence-electron chi connectivity index (χ1n) is 6.63. The van der Waals surface area contributed by atoms with Gasteiger partial charge in [0, 0.05) is 16.5 Å². The van der Waals surface area contributed by atoms with Gasteiger partial charge in [-0.3, -0.25) is 4.79 Å². The van der Waals surface area contributed by atoms with Crippen LogP contribution < -0.4 is 0 Å². The van der Waals surface area contributed by atoms with Crippen LogP contribution in [0.3, 0.4) is 0 Å². The number of hydrazone groups is 1. The topological polar surface area (TPSA) is 52.9 Å². The second-order valence-electron chi connectivity index (χ2n) is 5.11. The summed E-state index contributed by atoms with van der Waals surface area (Å²) in [5.74, 6) is -1.15. The monoisotopic (exact) mass is 380 g/mol. The molecular weight excluding hydrogens is 372 g/mol. The Labute approximate surface area is 141 Å². The van der Waals surface area contributed by atoms with E-state index in [1.807, 2.05) is 0 Å². The van der Waals surface area contributed by atoms with Crippen molar-refractivity contribution in [3.05, 3.63) is 34.2 Å². The molecule has 0 spiro atoms. The lowest BCUT2D eigenvalue weighted by atomic mass is 10.1. The number of carbonyl (C=O) groups excluding carboxylic acids is 1. The number of nitrogens with zero attached hydrogens (tertiary/aromatic N) is 2. The molecule has 128 valence electrons. The molecule has 24 heavy (non-hydrogen) atoms. The van der Waals surface area contributed by atoms with Crippen molar-refractivity contribution in [3.8, 4) is 0 Å². The largest absolute Gasteiger partial charge is 0.364 e. The Bertz CT molecular complexity index is 841. The molecule has 0 fully saturated rings. The lowest BCUT2D eigenvalue weighted by Gasteiger charge is -2.29. The molecule has 2 aromatic rings. The predicted molar refractivity (Wildman–Crippen MR) is 82.0 cm³/mol. The molecule has 1 atom stereocenters. The fourth-order valence-electron chi connectivity index (χ4n) is 2.35. The van der Waals surface area contributed by atoms with Crippen LogP contribution in [0.15, 0.2) is 29.4 Å². The van der Waals surface area contributed by atoms with E-state index >= 15 is 0 Å². The van der Waals surface area contributed by atoms with Gasteiger partial charge >= 0.3 is 0 Å². The highest BCUT2D eigenvalue weighted by Crippen LogP contribution is 2.40. The van der Waals surface area contributed by atoms with E-state index in [9.17, 15) is 27.5 Å². The van der Waals surface area contributed by atoms with Gasteiger partial charge in [-0.25, -0.2) is 17.6 Å². The van der Waals surface area contributed by atoms with E-state index in [0.717, 1.165) is 11.3 Å². The minimum absolute atomic E-state index is 0.00193. The van der Waals surface area contributed by atoms with Crippen LogP contribution in [-0.4, -0.2) is 40.3 Å². The Morgan fingerprint density at radius 2 is 2.00 bits per heavy atom. The predicted octanol–water partition coefficient (Wildman–Crippen LogP) is 3.98. The SMILES string of the molecule is O=C(c1sc2ccccc2c1Cl)N1N=C(C(F)F)C[C@]1(O)C(F)F. The summed E-state index contributed by atoms with van der Waals surface area (Å²) >= 11 is 7.00. The molecule has 1 aromatic heterocycles. The molecule has 0 bridgehead atoms. The molecule has 0 aliphatic carbocycles. The number of hydrogen-bond donors (Lipinski definition) is 1. The number of carbonyl (C=O) groups is 1. The average Bonchev–Trinajstić information content (AvgIpc) is 3.07. The number of rotatable bonds is 3. The highest BCUT2D eigenvalue weighted by atomic mass is 35.5. The van der Waals surface area contributed by atoms with E-state index in [0.29, 0.717) is 10.1 Å². The van der Waals surface area contributed by atoms with Gasteiger partial charge in [0.05, 0.1) is 5.02 Å². The molecule has 3 rings (SSSR count). The second kappa shape index (κ2) is 5.98. The summed E-state index contributed by atoms with van der Waals surface area (Å²) in [7, 11) is 0. The Balaban J connectivity index is 2.07. The highest BCUT2D eigenvalue weighted by Gasteiger charge is 2.53. The zero-order valence-corrected chi connectivity index (χ0v) is 13.3. The molecule has 2 heterocycles. The zero-order chi connectivity index (χ0) is 17.6. The quantitative estimate of drug-likeness (QED) is 0.819. The molecule has 0 unspecified atom stereocenters. The van der Waals surface area contributed by atoms with E-state index in [-0.39, 0.29) is 14.9 Å². The summed E-state index contributed by atoms with van der Waals surface area (Å²) in [5, 5.41) is 13.8. The Kier molecular flexibility index (Phi) is 4.27. The van der Waals surface area contributed by atoms with Crippen LogP contribution in [0.2, 0.25) is 5.02 Å². The summed E-state index contributed by atoms with van der Waals surface area (Å²) in [5.41, 5.74) is -4.11. The van der Waals surface area contributed by atoms with Crippen molar-refractivity contribution in [2.24, 2.45) is 5.10 Å². The van der Waals surface area contributed by atoms with Crippen molar-refractivity contribution < 1.29 is 27.5 Å². The molecule has 1 aliphatic rings. The third-order valence-electron chi connectivity index (χ3n) is 3.56. The first-order chi connectivity index (χ1) is 11.3. The number of fused-ring (bicyclic) bond motifs is 1. The fourth-order valence-corrected chi connectivity index (χ4v) is 3.79. The molecule has 1 amide bonds. The van der Waals surface area contributed by atoms with Gasteiger partial charge in [0.2, 0.25) is 5.72 Å². The van der Waals surface area contributed by atoms with Gasteiger partial charge in [0.1, 0.15) is 10.6 Å². The molecule has 0 radical (unpaired) electrons. The zero-order valence-electron chi connectivity index (χ0n) is 11.7. The molecular formula is C14H9ClF4N2O2S. The number of alkyl halides is 4. The summed E-state index contributed by atoms with van der Waals surface area (Å²) in [6.45, 7) is 0. The lowest BCUT2D eigenvalue weighted by molar-refractivity contribution is -0.164. The summed E-state index contributed by atoms with van der Waals surface area (Å²) < 4.78 is 52.6. The summed E-state index contributed by atoms with van der Waals surface area (Å²) in [6, 6.07) is 6.66. The van der Waals surface area contributed by atoms with Crippen molar-refractivity contribution in [1.82, 2.24) is 5.01 Å². The van der Waals surface area contributed by atoms with Gasteiger partial charge in [-0.2, -0.15) is 10.1 Å². The van der Waals surface area contributed by atoms with Crippen LogP contribution in [0.25, 0.3) is 10.1 Å². The van der Waals surface area contributed by atoms with Crippen LogP contribution in [0.1, 0.15) is 16.1 Å². The highest BCUT2D eigenvalue weighted by molar-refractivity contribution is 7.21. The number of hydrogen-bond acceptors (Lipinski definition) is 4. The van der Waals surface area contributed by atoms with Crippen LogP contribution in [0.5, 0.6) is 0 Å². The number of amides is 1. The summed E-state index contributed by atoms with van der Waals surface area (Å²) in [4.78, 5) is 12.4. The van der Waals surface area contributed by atoms with Crippen molar-refractivity contribution >= 4 is 44.6 Å². The van der Waals surface area contributed by atoms with E-state index < -0.39 is 36.6 Å². The Morgan fingerprint density at radius 3 is 2.58 bits per heavy atom. The number of halogens is 5. The maximum absolute atomic E-state index is 13.2. The minimum atomic E-state index is -3.48. The van der Waals surface area contributed by atoms with Crippen LogP contribution in [-0.2, 0) is 0 Å². The summed E-state index contributed by atoms with van der Waals surface area (Å²) in [6.07, 6.45) is -7.77. The van der Waals surface area contributed by atoms with Crippen molar-refractivity contribution in [1.29, 1.82) is 0 Å². The van der Waals surface area contributed by atoms with Crippen LogP contribution in [0, 0.1) is 0 Å². The minimum Gasteiger partial charge on any atom is -0.364 e. The third-order valence-corrected chi connectivity index (χ3v) is 5.22. The Hall–Kier alpha value is -1.71. The molecule has 1 N–H and O–H groups in total. The molecule has 0 saturated carbocycles. The van der Waals surface area contributed by atoms with Gasteiger partial charge in [-0.05, 0) is 6.07 Å². The van der Waals surface area contributed by atoms with E-state index in [4.69, 9.17) is 11.6 Å². The number of aliphatic hydroxyl groups is 1. The maximum Gasteiger partial charge on any atom is 0.288 e. The van der Waals surface area contributed by atoms with E-state index in [1.165, 1.54) is 0 Å². The van der Waals surface area contributed by atoms with E-state index in [2.05, 4.69) is 5.10 Å². The van der Waals surface area contributed by atoms with Gasteiger partial charge in [-0.15, -0.1) is 11.3 Å². The Morgan fingerprint density at radius 1 is 1.33 bits per heavy atom. The molecule has 10 heteroatoms. The van der Waals surface area contributed by atoms with Gasteiger partial charge in [0.15, 0.2) is 0 Å². The molecule has 0 saturated heterocycles. The third kappa shape index (κ3) is 2.56. The second-order valence-corrected chi connectivity index (χ2v) is 6.54. The van der Waals surface area contributed by atoms with Crippen LogP contribution >= 0.6 is 22.9 Å². The first-order valence-corrected chi connectivity index (χ1v) is 7.82.